The maximum Gasteiger partial charge on any atom is 0.235 e. The Morgan fingerprint density at radius 1 is 1.47 bits per heavy atom. The van der Waals surface area contributed by atoms with Crippen LogP contribution in [0.2, 0.25) is 0 Å². The van der Waals surface area contributed by atoms with E-state index in [0.717, 1.165) is 23.7 Å². The molecule has 0 fully saturated rings. The molecule has 1 unspecified atom stereocenters. The van der Waals surface area contributed by atoms with E-state index < -0.39 is 0 Å². The molecule has 84 valence electrons. The lowest BCUT2D eigenvalue weighted by atomic mass is 10.0. The molecule has 0 aliphatic carbocycles. The van der Waals surface area contributed by atoms with Crippen molar-refractivity contribution in [1.82, 2.24) is 9.97 Å². The van der Waals surface area contributed by atoms with Crippen LogP contribution in [0.5, 0.6) is 5.88 Å². The van der Waals surface area contributed by atoms with Crippen LogP contribution < -0.4 is 4.74 Å². The molecule has 0 N–H and O–H groups in total. The first-order chi connectivity index (χ1) is 7.17. The van der Waals surface area contributed by atoms with E-state index in [4.69, 9.17) is 4.74 Å². The molecule has 3 nitrogen and oxygen atoms in total. The molecule has 0 aliphatic heterocycles. The van der Waals surface area contributed by atoms with Gasteiger partial charge >= 0.3 is 0 Å². The van der Waals surface area contributed by atoms with Crippen molar-refractivity contribution < 1.29 is 4.74 Å². The van der Waals surface area contributed by atoms with E-state index in [1.165, 1.54) is 12.8 Å². The second-order valence-electron chi connectivity index (χ2n) is 4.01. The molecule has 0 spiro atoms. The van der Waals surface area contributed by atoms with Crippen molar-refractivity contribution in [3.63, 3.8) is 0 Å². The van der Waals surface area contributed by atoms with Crippen molar-refractivity contribution in [1.29, 1.82) is 0 Å². The summed E-state index contributed by atoms with van der Waals surface area (Å²) in [5, 5.41) is 0. The van der Waals surface area contributed by atoms with Gasteiger partial charge in [0, 0.05) is 0 Å². The molecule has 0 aromatic carbocycles. The van der Waals surface area contributed by atoms with E-state index in [-0.39, 0.29) is 0 Å². The third-order valence-electron chi connectivity index (χ3n) is 2.74. The minimum absolute atomic E-state index is 0.627. The first kappa shape index (κ1) is 12.0. The van der Waals surface area contributed by atoms with E-state index in [1.807, 2.05) is 13.1 Å². The Morgan fingerprint density at radius 3 is 2.73 bits per heavy atom. The van der Waals surface area contributed by atoms with Crippen LogP contribution in [-0.2, 0) is 6.42 Å². The number of hydrogen-bond acceptors (Lipinski definition) is 3. The summed E-state index contributed by atoms with van der Waals surface area (Å²) in [7, 11) is 1.62. The van der Waals surface area contributed by atoms with Gasteiger partial charge in [-0.3, -0.25) is 4.98 Å². The second-order valence-corrected chi connectivity index (χ2v) is 4.01. The molecule has 1 aromatic heterocycles. The molecule has 15 heavy (non-hydrogen) atoms. The lowest BCUT2D eigenvalue weighted by Crippen LogP contribution is -2.01. The molecule has 1 aromatic rings. The first-order valence-corrected chi connectivity index (χ1v) is 5.53. The monoisotopic (exact) mass is 208 g/mol. The minimum atomic E-state index is 0.627. The lowest BCUT2D eigenvalue weighted by molar-refractivity contribution is 0.390. The number of methoxy groups -OCH3 is 1. The van der Waals surface area contributed by atoms with E-state index in [1.54, 1.807) is 7.11 Å². The van der Waals surface area contributed by atoms with Gasteiger partial charge in [-0.15, -0.1) is 0 Å². The number of aromatic nitrogens is 2. The standard InChI is InChI=1S/C12H20N2O/c1-5-9(2)6-7-11-8-13-12(15-4)10(3)14-11/h8-9H,5-7H2,1-4H3. The molecule has 0 amide bonds. The van der Waals surface area contributed by atoms with Crippen molar-refractivity contribution in [3.8, 4) is 5.88 Å². The van der Waals surface area contributed by atoms with Gasteiger partial charge in [0.2, 0.25) is 5.88 Å². The van der Waals surface area contributed by atoms with Crippen LogP contribution in [0, 0.1) is 12.8 Å². The van der Waals surface area contributed by atoms with Gasteiger partial charge in [0.1, 0.15) is 0 Å². The fraction of sp³-hybridized carbons (Fsp3) is 0.667. The van der Waals surface area contributed by atoms with Crippen molar-refractivity contribution in [2.45, 2.75) is 40.0 Å². The summed E-state index contributed by atoms with van der Waals surface area (Å²) in [6.45, 7) is 6.41. The summed E-state index contributed by atoms with van der Waals surface area (Å²) in [6, 6.07) is 0. The van der Waals surface area contributed by atoms with Gasteiger partial charge in [0.05, 0.1) is 24.7 Å². The Morgan fingerprint density at radius 2 is 2.20 bits per heavy atom. The molecule has 0 saturated carbocycles. The van der Waals surface area contributed by atoms with Crippen LogP contribution in [0.25, 0.3) is 0 Å². The average Bonchev–Trinajstić information content (AvgIpc) is 2.26. The van der Waals surface area contributed by atoms with Crippen molar-refractivity contribution >= 4 is 0 Å². The van der Waals surface area contributed by atoms with Crippen LogP contribution >= 0.6 is 0 Å². The Hall–Kier alpha value is -1.12. The highest BCUT2D eigenvalue weighted by atomic mass is 16.5. The summed E-state index contributed by atoms with van der Waals surface area (Å²) in [4.78, 5) is 8.68. The molecule has 0 radical (unpaired) electrons. The van der Waals surface area contributed by atoms with Crippen LogP contribution in [-0.4, -0.2) is 17.1 Å². The number of ether oxygens (including phenoxy) is 1. The molecule has 0 saturated heterocycles. The number of rotatable bonds is 5. The van der Waals surface area contributed by atoms with Gasteiger partial charge in [0.15, 0.2) is 0 Å². The van der Waals surface area contributed by atoms with E-state index in [0.29, 0.717) is 5.88 Å². The van der Waals surface area contributed by atoms with Crippen molar-refractivity contribution in [2.24, 2.45) is 5.92 Å². The minimum Gasteiger partial charge on any atom is -0.480 e. The van der Waals surface area contributed by atoms with Gasteiger partial charge in [-0.05, 0) is 25.7 Å². The summed E-state index contributed by atoms with van der Waals surface area (Å²) in [5.74, 6) is 1.39. The zero-order valence-corrected chi connectivity index (χ0v) is 10.1. The highest BCUT2D eigenvalue weighted by Gasteiger charge is 2.05. The average molecular weight is 208 g/mol. The summed E-state index contributed by atoms with van der Waals surface area (Å²) < 4.78 is 5.07. The Bertz CT molecular complexity index is 312. The lowest BCUT2D eigenvalue weighted by Gasteiger charge is -2.08. The summed E-state index contributed by atoms with van der Waals surface area (Å²) >= 11 is 0. The number of hydrogen-bond donors (Lipinski definition) is 0. The predicted molar refractivity (Wildman–Crippen MR) is 61.1 cm³/mol. The van der Waals surface area contributed by atoms with Crippen molar-refractivity contribution in [3.05, 3.63) is 17.6 Å². The quantitative estimate of drug-likeness (QED) is 0.746. The third-order valence-corrected chi connectivity index (χ3v) is 2.74. The fourth-order valence-electron chi connectivity index (χ4n) is 1.44. The normalized spacial score (nSPS) is 12.5. The van der Waals surface area contributed by atoms with Gasteiger partial charge in [-0.25, -0.2) is 4.98 Å². The van der Waals surface area contributed by atoms with Crippen LogP contribution in [0.3, 0.4) is 0 Å². The van der Waals surface area contributed by atoms with Gasteiger partial charge in [-0.2, -0.15) is 0 Å². The highest BCUT2D eigenvalue weighted by Crippen LogP contribution is 2.14. The SMILES string of the molecule is CCC(C)CCc1cnc(OC)c(C)n1. The van der Waals surface area contributed by atoms with E-state index in [9.17, 15) is 0 Å². The molecular formula is C12H20N2O. The van der Waals surface area contributed by atoms with Crippen LogP contribution in [0.1, 0.15) is 38.1 Å². The van der Waals surface area contributed by atoms with E-state index >= 15 is 0 Å². The maximum absolute atomic E-state index is 5.07. The molecule has 0 aliphatic rings. The largest absolute Gasteiger partial charge is 0.480 e. The predicted octanol–water partition coefficient (Wildman–Crippen LogP) is 2.77. The zero-order valence-electron chi connectivity index (χ0n) is 10.1. The van der Waals surface area contributed by atoms with Gasteiger partial charge in [0.25, 0.3) is 0 Å². The Labute approximate surface area is 91.9 Å². The Balaban J connectivity index is 2.59. The van der Waals surface area contributed by atoms with Gasteiger partial charge in [-0.1, -0.05) is 20.3 Å². The highest BCUT2D eigenvalue weighted by molar-refractivity contribution is 5.18. The maximum atomic E-state index is 5.07. The van der Waals surface area contributed by atoms with Crippen LogP contribution in [0.15, 0.2) is 6.20 Å². The third kappa shape index (κ3) is 3.50. The smallest absolute Gasteiger partial charge is 0.235 e. The molecule has 0 bridgehead atoms. The molecule has 3 heteroatoms. The van der Waals surface area contributed by atoms with E-state index in [2.05, 4.69) is 23.8 Å². The number of nitrogens with zero attached hydrogens (tertiary/aromatic N) is 2. The summed E-state index contributed by atoms with van der Waals surface area (Å²) in [6.07, 6.45) is 5.22. The van der Waals surface area contributed by atoms with Crippen LogP contribution in [0.4, 0.5) is 0 Å². The fourth-order valence-corrected chi connectivity index (χ4v) is 1.44. The first-order valence-electron chi connectivity index (χ1n) is 5.53. The second kappa shape index (κ2) is 5.69. The molecular weight excluding hydrogens is 188 g/mol. The molecule has 1 atom stereocenters. The van der Waals surface area contributed by atoms with Crippen molar-refractivity contribution in [2.75, 3.05) is 7.11 Å². The zero-order chi connectivity index (χ0) is 11.3. The number of aryl methyl sites for hydroxylation is 2. The summed E-state index contributed by atoms with van der Waals surface area (Å²) in [5.41, 5.74) is 1.94. The topological polar surface area (TPSA) is 35.0 Å². The van der Waals surface area contributed by atoms with Gasteiger partial charge < -0.3 is 4.74 Å². The molecule has 1 heterocycles. The molecule has 1 rings (SSSR count). The Kier molecular flexibility index (Phi) is 4.53.